The predicted molar refractivity (Wildman–Crippen MR) is 70.1 cm³/mol. The smallest absolute Gasteiger partial charge is 0.349 e. The van der Waals surface area contributed by atoms with Gasteiger partial charge in [0.2, 0.25) is 0 Å². The molecular weight excluding hydrogens is 266 g/mol. The molecule has 1 aliphatic carbocycles. The summed E-state index contributed by atoms with van der Waals surface area (Å²) in [6.07, 6.45) is -0.0957. The number of esters is 1. The molecule has 0 aromatic heterocycles. The van der Waals surface area contributed by atoms with Crippen LogP contribution in [0.2, 0.25) is 0 Å². The van der Waals surface area contributed by atoms with Crippen molar-refractivity contribution < 1.29 is 23.0 Å². The third-order valence-corrected chi connectivity index (χ3v) is 3.25. The lowest BCUT2D eigenvalue weighted by atomic mass is 10.1. The van der Waals surface area contributed by atoms with Gasteiger partial charge in [-0.3, -0.25) is 0 Å². The molecule has 0 heterocycles. The van der Waals surface area contributed by atoms with Gasteiger partial charge in [0, 0.05) is 6.42 Å². The van der Waals surface area contributed by atoms with Crippen LogP contribution in [0.4, 0.5) is 8.78 Å². The van der Waals surface area contributed by atoms with Crippen LogP contribution in [0.5, 0.6) is 5.75 Å². The summed E-state index contributed by atoms with van der Waals surface area (Å²) in [5.41, 5.74) is -0.516. The normalized spacial score (nSPS) is 20.4. The molecule has 3 nitrogen and oxygen atoms in total. The fourth-order valence-corrected chi connectivity index (χ4v) is 1.98. The van der Waals surface area contributed by atoms with Crippen LogP contribution in [0.1, 0.15) is 38.7 Å². The number of hydrogen-bond acceptors (Lipinski definition) is 3. The van der Waals surface area contributed by atoms with Crippen molar-refractivity contribution in [3.05, 3.63) is 29.8 Å². The third kappa shape index (κ3) is 3.08. The Bertz CT molecular complexity index is 494. The first-order valence-corrected chi connectivity index (χ1v) is 6.60. The number of halogens is 2. The summed E-state index contributed by atoms with van der Waals surface area (Å²) in [6.45, 7) is 5.21. The van der Waals surface area contributed by atoms with Gasteiger partial charge in [-0.05, 0) is 38.5 Å². The minimum Gasteiger partial charge on any atom is -0.476 e. The molecular formula is C15H18F2O3. The van der Waals surface area contributed by atoms with Gasteiger partial charge in [-0.15, -0.1) is 0 Å². The molecule has 1 aromatic carbocycles. The Morgan fingerprint density at radius 2 is 1.90 bits per heavy atom. The standard InChI is InChI=1S/C15H18F2O3/c1-4-19-13(18)14(2,3)20-11-7-5-10(6-8-11)12-9-15(12,16)17/h5-8,12H,4,9H2,1-3H3. The monoisotopic (exact) mass is 284 g/mol. The van der Waals surface area contributed by atoms with Gasteiger partial charge >= 0.3 is 5.97 Å². The highest BCUT2D eigenvalue weighted by molar-refractivity contribution is 5.79. The van der Waals surface area contributed by atoms with Crippen molar-refractivity contribution in [1.82, 2.24) is 0 Å². The highest BCUT2D eigenvalue weighted by Gasteiger charge is 2.57. The van der Waals surface area contributed by atoms with Crippen molar-refractivity contribution in [3.63, 3.8) is 0 Å². The number of alkyl halides is 2. The van der Waals surface area contributed by atoms with E-state index in [-0.39, 0.29) is 13.0 Å². The van der Waals surface area contributed by atoms with Crippen LogP contribution in [0.3, 0.4) is 0 Å². The van der Waals surface area contributed by atoms with Crippen LogP contribution < -0.4 is 4.74 Å². The molecule has 0 amide bonds. The molecule has 0 bridgehead atoms. The fourth-order valence-electron chi connectivity index (χ4n) is 1.98. The van der Waals surface area contributed by atoms with Crippen molar-refractivity contribution >= 4 is 5.97 Å². The number of ether oxygens (including phenoxy) is 2. The second-order valence-electron chi connectivity index (χ2n) is 5.42. The van der Waals surface area contributed by atoms with Gasteiger partial charge in [-0.25, -0.2) is 13.6 Å². The molecule has 20 heavy (non-hydrogen) atoms. The van der Waals surface area contributed by atoms with Crippen molar-refractivity contribution in [2.45, 2.75) is 44.6 Å². The van der Waals surface area contributed by atoms with Gasteiger partial charge in [0.05, 0.1) is 12.5 Å². The SMILES string of the molecule is CCOC(=O)C(C)(C)Oc1ccc(C2CC2(F)F)cc1. The van der Waals surface area contributed by atoms with Crippen LogP contribution >= 0.6 is 0 Å². The van der Waals surface area contributed by atoms with Crippen molar-refractivity contribution in [2.24, 2.45) is 0 Å². The maximum atomic E-state index is 13.0. The Balaban J connectivity index is 2.02. The Hall–Kier alpha value is -1.65. The van der Waals surface area contributed by atoms with Crippen molar-refractivity contribution in [3.8, 4) is 5.75 Å². The van der Waals surface area contributed by atoms with Gasteiger partial charge in [0.25, 0.3) is 5.92 Å². The summed E-state index contributed by atoms with van der Waals surface area (Å²) in [5.74, 6) is -3.27. The maximum Gasteiger partial charge on any atom is 0.349 e. The van der Waals surface area contributed by atoms with Crippen LogP contribution in [0, 0.1) is 0 Å². The zero-order valence-corrected chi connectivity index (χ0v) is 11.8. The topological polar surface area (TPSA) is 35.5 Å². The molecule has 110 valence electrons. The van der Waals surface area contributed by atoms with E-state index in [1.54, 1.807) is 45.0 Å². The highest BCUT2D eigenvalue weighted by Crippen LogP contribution is 2.55. The molecule has 1 unspecified atom stereocenters. The molecule has 0 N–H and O–H groups in total. The van der Waals surface area contributed by atoms with Crippen molar-refractivity contribution in [2.75, 3.05) is 6.61 Å². The Morgan fingerprint density at radius 1 is 1.35 bits per heavy atom. The number of carbonyl (C=O) groups is 1. The molecule has 1 fully saturated rings. The van der Waals surface area contributed by atoms with Crippen LogP contribution in [-0.4, -0.2) is 24.1 Å². The van der Waals surface area contributed by atoms with E-state index in [1.807, 2.05) is 0 Å². The molecule has 0 saturated heterocycles. The number of hydrogen-bond donors (Lipinski definition) is 0. The van der Waals surface area contributed by atoms with Crippen LogP contribution in [0.25, 0.3) is 0 Å². The average molecular weight is 284 g/mol. The minimum atomic E-state index is -2.58. The fraction of sp³-hybridized carbons (Fsp3) is 0.533. The third-order valence-electron chi connectivity index (χ3n) is 3.25. The summed E-state index contributed by atoms with van der Waals surface area (Å²) in [5, 5.41) is 0. The van der Waals surface area contributed by atoms with E-state index in [0.717, 1.165) is 0 Å². The molecule has 2 rings (SSSR count). The van der Waals surface area contributed by atoms with E-state index in [0.29, 0.717) is 11.3 Å². The summed E-state index contributed by atoms with van der Waals surface area (Å²) in [7, 11) is 0. The van der Waals surface area contributed by atoms with Crippen LogP contribution in [-0.2, 0) is 9.53 Å². The molecule has 0 spiro atoms. The second kappa shape index (κ2) is 5.04. The lowest BCUT2D eigenvalue weighted by Gasteiger charge is -2.24. The number of carbonyl (C=O) groups excluding carboxylic acids is 1. The van der Waals surface area contributed by atoms with Gasteiger partial charge in [-0.1, -0.05) is 12.1 Å². The molecule has 1 atom stereocenters. The summed E-state index contributed by atoms with van der Waals surface area (Å²) in [6, 6.07) is 6.43. The Kier molecular flexibility index (Phi) is 3.71. The quantitative estimate of drug-likeness (QED) is 0.776. The van der Waals surface area contributed by atoms with E-state index in [4.69, 9.17) is 9.47 Å². The first-order valence-electron chi connectivity index (χ1n) is 6.60. The molecule has 0 radical (unpaired) electrons. The first-order chi connectivity index (χ1) is 9.26. The molecule has 1 aliphatic rings. The lowest BCUT2D eigenvalue weighted by molar-refractivity contribution is -0.158. The maximum absolute atomic E-state index is 13.0. The van der Waals surface area contributed by atoms with E-state index < -0.39 is 23.4 Å². The van der Waals surface area contributed by atoms with E-state index in [1.165, 1.54) is 0 Å². The molecule has 1 saturated carbocycles. The molecule has 1 aromatic rings. The van der Waals surface area contributed by atoms with Gasteiger partial charge in [-0.2, -0.15) is 0 Å². The minimum absolute atomic E-state index is 0.0957. The van der Waals surface area contributed by atoms with Gasteiger partial charge in [0.15, 0.2) is 5.60 Å². The van der Waals surface area contributed by atoms with E-state index >= 15 is 0 Å². The number of benzene rings is 1. The van der Waals surface area contributed by atoms with Crippen molar-refractivity contribution in [1.29, 1.82) is 0 Å². The summed E-state index contributed by atoms with van der Waals surface area (Å²) >= 11 is 0. The lowest BCUT2D eigenvalue weighted by Crippen LogP contribution is -2.39. The Labute approximate surface area is 116 Å². The largest absolute Gasteiger partial charge is 0.476 e. The van der Waals surface area contributed by atoms with E-state index in [9.17, 15) is 13.6 Å². The molecule has 5 heteroatoms. The average Bonchev–Trinajstić information content (AvgIpc) is 2.99. The Morgan fingerprint density at radius 3 is 2.35 bits per heavy atom. The van der Waals surface area contributed by atoms with Gasteiger partial charge in [0.1, 0.15) is 5.75 Å². The van der Waals surface area contributed by atoms with Gasteiger partial charge < -0.3 is 9.47 Å². The van der Waals surface area contributed by atoms with Crippen LogP contribution in [0.15, 0.2) is 24.3 Å². The second-order valence-corrected chi connectivity index (χ2v) is 5.42. The molecule has 0 aliphatic heterocycles. The summed E-state index contributed by atoms with van der Waals surface area (Å²) < 4.78 is 36.4. The van der Waals surface area contributed by atoms with E-state index in [2.05, 4.69) is 0 Å². The summed E-state index contributed by atoms with van der Waals surface area (Å²) in [4.78, 5) is 11.7. The first kappa shape index (κ1) is 14.8. The zero-order valence-electron chi connectivity index (χ0n) is 11.8. The predicted octanol–water partition coefficient (Wildman–Crippen LogP) is 3.53. The zero-order chi connectivity index (χ0) is 15.0. The highest BCUT2D eigenvalue weighted by atomic mass is 19.3. The number of rotatable bonds is 5.